The van der Waals surface area contributed by atoms with Gasteiger partial charge in [0.25, 0.3) is 0 Å². The molecule has 43 valence electrons. The van der Waals surface area contributed by atoms with E-state index in [1.807, 2.05) is 0 Å². The number of halogens is 2. The van der Waals surface area contributed by atoms with Gasteiger partial charge in [-0.15, -0.1) is 8.39 Å². The number of rotatable bonds is 0. The maximum Gasteiger partial charge on any atom is 0.549 e. The fraction of sp³-hybridized carbons (Fsp3) is 0. The molecular weight excluding hydrogens is 165 g/mol. The minimum Gasteiger partial charge on any atom is -0.296 e. The van der Waals surface area contributed by atoms with Crippen LogP contribution in [0.4, 0.5) is 8.39 Å². The van der Waals surface area contributed by atoms with Crippen LogP contribution in [0.2, 0.25) is 0 Å². The maximum atomic E-state index is 10.1. The molecule has 0 unspecified atom stereocenters. The second kappa shape index (κ2) is 2.69. The Morgan fingerprint density at radius 2 is 1.50 bits per heavy atom. The average Bonchev–Trinajstić information content (AvgIpc) is 0.722. The fourth-order valence-corrected chi connectivity index (χ4v) is 0. The average molecular weight is 166 g/mol. The van der Waals surface area contributed by atoms with Gasteiger partial charge in [0.1, 0.15) is 0 Å². The molecule has 0 aliphatic rings. The summed E-state index contributed by atoms with van der Waals surface area (Å²) in [4.78, 5) is 6.74. The van der Waals surface area contributed by atoms with Crippen molar-refractivity contribution in [2.75, 3.05) is 0 Å². The van der Waals surface area contributed by atoms with Crippen LogP contribution in [0.1, 0.15) is 0 Å². The van der Waals surface area contributed by atoms with Gasteiger partial charge in [0, 0.05) is 17.1 Å². The molecule has 0 aromatic carbocycles. The molecule has 0 aromatic rings. The van der Waals surface area contributed by atoms with Gasteiger partial charge in [-0.05, 0) is 0 Å². The van der Waals surface area contributed by atoms with E-state index in [0.29, 0.717) is 0 Å². The molecule has 0 saturated heterocycles. The van der Waals surface area contributed by atoms with Crippen LogP contribution in [-0.4, -0.2) is 4.89 Å². The normalized spacial score (nSPS) is 9.83. The van der Waals surface area contributed by atoms with E-state index in [1.54, 1.807) is 0 Å². The minimum atomic E-state index is -5.64. The molecule has 1 N–H and O–H groups in total. The monoisotopic (exact) mass is 165 g/mol. The summed E-state index contributed by atoms with van der Waals surface area (Å²) in [5.41, 5.74) is 0. The smallest absolute Gasteiger partial charge is 0.296 e. The van der Waals surface area contributed by atoms with E-state index < -0.39 is 7.99 Å². The molecule has 6 heteroatoms. The molecule has 0 spiro atoms. The van der Waals surface area contributed by atoms with Gasteiger partial charge >= 0.3 is 7.99 Å². The SMILES string of the molecule is O=P(O)(F)F.[Cu]. The Bertz CT molecular complexity index is 57.7. The van der Waals surface area contributed by atoms with Crippen LogP contribution < -0.4 is 0 Å². The first kappa shape index (κ1) is 9.76. The van der Waals surface area contributed by atoms with Gasteiger partial charge in [0.2, 0.25) is 0 Å². The fourth-order valence-electron chi connectivity index (χ4n) is 0. The Morgan fingerprint density at radius 1 is 1.50 bits per heavy atom. The van der Waals surface area contributed by atoms with Gasteiger partial charge in [-0.1, -0.05) is 0 Å². The standard InChI is InChI=1S/Cu.F2HO2P/c;1-5(2,3)4/h;(H,3,4). The molecule has 2 nitrogen and oxygen atoms in total. The molecule has 0 aliphatic carbocycles. The van der Waals surface area contributed by atoms with Crippen molar-refractivity contribution in [3.8, 4) is 0 Å². The van der Waals surface area contributed by atoms with Gasteiger partial charge in [-0.3, -0.25) is 4.89 Å². The van der Waals surface area contributed by atoms with E-state index in [-0.39, 0.29) is 17.1 Å². The quantitative estimate of drug-likeness (QED) is 0.430. The summed E-state index contributed by atoms with van der Waals surface area (Å²) in [6, 6.07) is 0. The molecule has 0 aromatic heterocycles. The Balaban J connectivity index is 0. The van der Waals surface area contributed by atoms with E-state index in [1.165, 1.54) is 0 Å². The van der Waals surface area contributed by atoms with Gasteiger partial charge < -0.3 is 0 Å². The third-order valence-corrected chi connectivity index (χ3v) is 0. The third-order valence-electron chi connectivity index (χ3n) is 0. The maximum absolute atomic E-state index is 10.1. The predicted octanol–water partition coefficient (Wildman–Crippen LogP) is 1.02. The largest absolute Gasteiger partial charge is 0.549 e. The Morgan fingerprint density at radius 3 is 1.50 bits per heavy atom. The van der Waals surface area contributed by atoms with Crippen LogP contribution in [0.3, 0.4) is 0 Å². The molecule has 0 rings (SSSR count). The Hall–Kier alpha value is 0.569. The van der Waals surface area contributed by atoms with Crippen molar-refractivity contribution in [3.05, 3.63) is 0 Å². The second-order valence-electron chi connectivity index (χ2n) is 0.435. The zero-order valence-corrected chi connectivity index (χ0v) is 4.20. The molecule has 0 fully saturated rings. The summed E-state index contributed by atoms with van der Waals surface area (Å²) in [6.07, 6.45) is 0. The molecular formula is HCuF2O2P. The zero-order valence-electron chi connectivity index (χ0n) is 2.36. The first-order valence-corrected chi connectivity index (χ1v) is 2.16. The van der Waals surface area contributed by atoms with Crippen LogP contribution >= 0.6 is 7.99 Å². The summed E-state index contributed by atoms with van der Waals surface area (Å²) in [5, 5.41) is 0. The molecule has 0 heterocycles. The minimum absolute atomic E-state index is 0. The van der Waals surface area contributed by atoms with Crippen LogP contribution in [0.5, 0.6) is 0 Å². The van der Waals surface area contributed by atoms with E-state index in [0.717, 1.165) is 0 Å². The van der Waals surface area contributed by atoms with Crippen molar-refractivity contribution in [2.24, 2.45) is 0 Å². The molecule has 0 aliphatic heterocycles. The zero-order chi connectivity index (χ0) is 4.50. The van der Waals surface area contributed by atoms with E-state index in [2.05, 4.69) is 0 Å². The van der Waals surface area contributed by atoms with E-state index >= 15 is 0 Å². The second-order valence-corrected chi connectivity index (χ2v) is 1.30. The van der Waals surface area contributed by atoms with Crippen molar-refractivity contribution in [1.29, 1.82) is 0 Å². The van der Waals surface area contributed by atoms with Crippen molar-refractivity contribution in [2.45, 2.75) is 0 Å². The predicted molar refractivity (Wildman–Crippen MR) is 12.0 cm³/mol. The molecule has 0 atom stereocenters. The van der Waals surface area contributed by atoms with E-state index in [9.17, 15) is 8.39 Å². The summed E-state index contributed by atoms with van der Waals surface area (Å²) in [6.45, 7) is 0. The molecule has 1 radical (unpaired) electrons. The van der Waals surface area contributed by atoms with Crippen molar-refractivity contribution in [1.82, 2.24) is 0 Å². The third kappa shape index (κ3) is 180. The van der Waals surface area contributed by atoms with Crippen molar-refractivity contribution < 1.29 is 34.9 Å². The van der Waals surface area contributed by atoms with Crippen molar-refractivity contribution in [3.63, 3.8) is 0 Å². The van der Waals surface area contributed by atoms with Gasteiger partial charge in [0.15, 0.2) is 0 Å². The molecule has 0 bridgehead atoms. The molecule has 6 heavy (non-hydrogen) atoms. The van der Waals surface area contributed by atoms with Gasteiger partial charge in [-0.25, -0.2) is 4.57 Å². The summed E-state index contributed by atoms with van der Waals surface area (Å²) in [5.74, 6) is 0. The van der Waals surface area contributed by atoms with Gasteiger partial charge in [-0.2, -0.15) is 0 Å². The van der Waals surface area contributed by atoms with Gasteiger partial charge in [0.05, 0.1) is 0 Å². The van der Waals surface area contributed by atoms with Crippen LogP contribution in [0.15, 0.2) is 0 Å². The summed E-state index contributed by atoms with van der Waals surface area (Å²) >= 11 is 0. The molecule has 0 amide bonds. The summed E-state index contributed by atoms with van der Waals surface area (Å²) in [7, 11) is -5.64. The van der Waals surface area contributed by atoms with E-state index in [4.69, 9.17) is 9.46 Å². The first-order chi connectivity index (χ1) is 2.00. The van der Waals surface area contributed by atoms with Crippen LogP contribution in [-0.2, 0) is 21.6 Å². The summed E-state index contributed by atoms with van der Waals surface area (Å²) < 4.78 is 28.7. The van der Waals surface area contributed by atoms with Crippen molar-refractivity contribution >= 4 is 7.99 Å². The Labute approximate surface area is 43.7 Å². The first-order valence-electron chi connectivity index (χ1n) is 0.721. The number of hydrogen-bond acceptors (Lipinski definition) is 1. The van der Waals surface area contributed by atoms with Crippen LogP contribution in [0, 0.1) is 0 Å². The number of hydrogen-bond donors (Lipinski definition) is 1. The molecule has 0 saturated carbocycles. The van der Waals surface area contributed by atoms with Crippen LogP contribution in [0.25, 0.3) is 0 Å². The Kier molecular flexibility index (Phi) is 4.38. The topological polar surface area (TPSA) is 37.3 Å².